The molecule has 1 aromatic heterocycles. The summed E-state index contributed by atoms with van der Waals surface area (Å²) < 4.78 is 0. The molecule has 16 heavy (non-hydrogen) atoms. The second kappa shape index (κ2) is 3.98. The van der Waals surface area contributed by atoms with Gasteiger partial charge in [-0.3, -0.25) is 15.1 Å². The van der Waals surface area contributed by atoms with E-state index in [1.165, 1.54) is 6.20 Å². The van der Waals surface area contributed by atoms with Gasteiger partial charge in [0.15, 0.2) is 0 Å². The molecule has 2 rings (SSSR count). The van der Waals surface area contributed by atoms with Crippen molar-refractivity contribution in [3.8, 4) is 16.9 Å². The molecule has 0 fully saturated rings. The van der Waals surface area contributed by atoms with Crippen LogP contribution in [0, 0.1) is 10.1 Å². The highest BCUT2D eigenvalue weighted by atomic mass is 16.6. The van der Waals surface area contributed by atoms with E-state index in [9.17, 15) is 15.2 Å². The molecule has 0 radical (unpaired) electrons. The molecule has 1 aromatic carbocycles. The number of nitro groups is 1. The van der Waals surface area contributed by atoms with Gasteiger partial charge in [0.05, 0.1) is 16.7 Å². The first kappa shape index (κ1) is 10.1. The number of pyridine rings is 1. The Morgan fingerprint density at radius 3 is 2.50 bits per heavy atom. The molecule has 2 aromatic rings. The monoisotopic (exact) mass is 216 g/mol. The quantitative estimate of drug-likeness (QED) is 0.617. The minimum absolute atomic E-state index is 0.311. The number of hydrogen-bond donors (Lipinski definition) is 1. The molecule has 0 bridgehead atoms. The van der Waals surface area contributed by atoms with E-state index in [4.69, 9.17) is 0 Å². The maximum atomic E-state index is 10.8. The van der Waals surface area contributed by atoms with Crippen molar-refractivity contribution in [2.45, 2.75) is 0 Å². The van der Waals surface area contributed by atoms with Crippen LogP contribution < -0.4 is 0 Å². The van der Waals surface area contributed by atoms with Gasteiger partial charge in [-0.2, -0.15) is 0 Å². The molecule has 1 N–H and O–H groups in total. The zero-order valence-corrected chi connectivity index (χ0v) is 8.20. The number of nitrogens with zero attached hydrogens (tertiary/aromatic N) is 2. The summed E-state index contributed by atoms with van der Waals surface area (Å²) in [6, 6.07) is 8.80. The maximum Gasteiger partial charge on any atom is 0.321 e. The fourth-order valence-electron chi connectivity index (χ4n) is 1.46. The van der Waals surface area contributed by atoms with E-state index < -0.39 is 10.7 Å². The summed E-state index contributed by atoms with van der Waals surface area (Å²) in [6.45, 7) is 0. The maximum absolute atomic E-state index is 10.8. The van der Waals surface area contributed by atoms with Crippen molar-refractivity contribution < 1.29 is 10.0 Å². The van der Waals surface area contributed by atoms with E-state index in [-0.39, 0.29) is 5.69 Å². The van der Waals surface area contributed by atoms with Gasteiger partial charge in [-0.05, 0) is 5.56 Å². The molecular weight excluding hydrogens is 208 g/mol. The number of aromatic nitrogens is 1. The molecule has 0 aliphatic heterocycles. The lowest BCUT2D eigenvalue weighted by Gasteiger charge is -2.03. The fraction of sp³-hybridized carbons (Fsp3) is 0. The summed E-state index contributed by atoms with van der Waals surface area (Å²) >= 11 is 0. The van der Waals surface area contributed by atoms with Crippen LogP contribution in [-0.4, -0.2) is 15.0 Å². The second-order valence-electron chi connectivity index (χ2n) is 3.18. The van der Waals surface area contributed by atoms with Gasteiger partial charge < -0.3 is 5.11 Å². The van der Waals surface area contributed by atoms with Gasteiger partial charge in [0, 0.05) is 6.20 Å². The Hall–Kier alpha value is -2.43. The van der Waals surface area contributed by atoms with Crippen molar-refractivity contribution in [2.24, 2.45) is 0 Å². The van der Waals surface area contributed by atoms with Crippen LogP contribution in [0.1, 0.15) is 0 Å². The highest BCUT2D eigenvalue weighted by Gasteiger charge is 2.20. The smallest absolute Gasteiger partial charge is 0.321 e. The van der Waals surface area contributed by atoms with Crippen LogP contribution in [-0.2, 0) is 0 Å². The van der Waals surface area contributed by atoms with Crippen molar-refractivity contribution in [1.82, 2.24) is 4.98 Å². The van der Waals surface area contributed by atoms with Crippen molar-refractivity contribution >= 4 is 5.69 Å². The van der Waals surface area contributed by atoms with E-state index >= 15 is 0 Å². The molecule has 0 amide bonds. The Morgan fingerprint density at radius 2 is 1.88 bits per heavy atom. The molecule has 0 aliphatic rings. The molecule has 0 saturated heterocycles. The van der Waals surface area contributed by atoms with E-state index in [0.29, 0.717) is 11.1 Å². The van der Waals surface area contributed by atoms with Gasteiger partial charge >= 0.3 is 5.69 Å². The number of aromatic hydroxyl groups is 1. The molecule has 0 spiro atoms. The lowest BCUT2D eigenvalue weighted by Crippen LogP contribution is -1.93. The fourth-order valence-corrected chi connectivity index (χ4v) is 1.46. The number of hydrogen-bond acceptors (Lipinski definition) is 4. The van der Waals surface area contributed by atoms with Gasteiger partial charge in [-0.25, -0.2) is 0 Å². The lowest BCUT2D eigenvalue weighted by atomic mass is 10.1. The summed E-state index contributed by atoms with van der Waals surface area (Å²) in [5.74, 6) is -0.425. The molecule has 1 heterocycles. The first-order valence-corrected chi connectivity index (χ1v) is 4.57. The lowest BCUT2D eigenvalue weighted by molar-refractivity contribution is -0.385. The van der Waals surface area contributed by atoms with Gasteiger partial charge in [-0.1, -0.05) is 30.3 Å². The van der Waals surface area contributed by atoms with Crippen LogP contribution in [0.2, 0.25) is 0 Å². The molecule has 5 heteroatoms. The van der Waals surface area contributed by atoms with Gasteiger partial charge in [-0.15, -0.1) is 0 Å². The average Bonchev–Trinajstić information content (AvgIpc) is 2.29. The summed E-state index contributed by atoms with van der Waals surface area (Å²) in [5, 5.41) is 20.3. The molecule has 0 unspecified atom stereocenters. The van der Waals surface area contributed by atoms with Crippen molar-refractivity contribution in [3.63, 3.8) is 0 Å². The van der Waals surface area contributed by atoms with Crippen molar-refractivity contribution in [3.05, 3.63) is 52.8 Å². The highest BCUT2D eigenvalue weighted by molar-refractivity contribution is 5.75. The predicted molar refractivity (Wildman–Crippen MR) is 58.0 cm³/mol. The van der Waals surface area contributed by atoms with Crippen LogP contribution in [0.4, 0.5) is 5.69 Å². The summed E-state index contributed by atoms with van der Waals surface area (Å²) in [5.41, 5.74) is 0.643. The Labute approximate surface area is 91.2 Å². The van der Waals surface area contributed by atoms with Crippen LogP contribution in [0.3, 0.4) is 0 Å². The SMILES string of the molecule is O=[N+]([O-])c1c(O)cncc1-c1ccccc1. The Kier molecular flexibility index (Phi) is 2.51. The first-order chi connectivity index (χ1) is 7.70. The molecule has 80 valence electrons. The summed E-state index contributed by atoms with van der Waals surface area (Å²) in [4.78, 5) is 14.0. The summed E-state index contributed by atoms with van der Waals surface area (Å²) in [7, 11) is 0. The van der Waals surface area contributed by atoms with Gasteiger partial charge in [0.1, 0.15) is 0 Å². The van der Waals surface area contributed by atoms with E-state index in [1.807, 2.05) is 6.07 Å². The minimum Gasteiger partial charge on any atom is -0.501 e. The minimum atomic E-state index is -0.612. The van der Waals surface area contributed by atoms with Crippen molar-refractivity contribution in [2.75, 3.05) is 0 Å². The predicted octanol–water partition coefficient (Wildman–Crippen LogP) is 2.36. The van der Waals surface area contributed by atoms with Crippen LogP contribution in [0.15, 0.2) is 42.7 Å². The van der Waals surface area contributed by atoms with Crippen molar-refractivity contribution in [1.29, 1.82) is 0 Å². The average molecular weight is 216 g/mol. The van der Waals surface area contributed by atoms with Gasteiger partial charge in [0.2, 0.25) is 5.75 Å². The molecule has 0 saturated carbocycles. The number of benzene rings is 1. The molecule has 5 nitrogen and oxygen atoms in total. The third-order valence-corrected chi connectivity index (χ3v) is 2.17. The van der Waals surface area contributed by atoms with E-state index in [1.54, 1.807) is 24.3 Å². The van der Waals surface area contributed by atoms with Crippen LogP contribution >= 0.6 is 0 Å². The summed E-state index contributed by atoms with van der Waals surface area (Å²) in [6.07, 6.45) is 2.43. The first-order valence-electron chi connectivity index (χ1n) is 4.57. The second-order valence-corrected chi connectivity index (χ2v) is 3.18. The van der Waals surface area contributed by atoms with Gasteiger partial charge in [0.25, 0.3) is 0 Å². The highest BCUT2D eigenvalue weighted by Crippen LogP contribution is 2.35. The Bertz CT molecular complexity index is 526. The Morgan fingerprint density at radius 1 is 1.19 bits per heavy atom. The van der Waals surface area contributed by atoms with E-state index in [0.717, 1.165) is 6.20 Å². The van der Waals surface area contributed by atoms with Crippen LogP contribution in [0.25, 0.3) is 11.1 Å². The molecule has 0 aliphatic carbocycles. The zero-order chi connectivity index (χ0) is 11.5. The third kappa shape index (κ3) is 1.70. The Balaban J connectivity index is 2.66. The normalized spacial score (nSPS) is 10.0. The zero-order valence-electron chi connectivity index (χ0n) is 8.20. The third-order valence-electron chi connectivity index (χ3n) is 2.17. The topological polar surface area (TPSA) is 76.3 Å². The standard InChI is InChI=1S/C11H8N2O3/c14-10-7-12-6-9(11(10)13(15)16)8-4-2-1-3-5-8/h1-7,14H. The number of rotatable bonds is 2. The van der Waals surface area contributed by atoms with E-state index in [2.05, 4.69) is 4.98 Å². The van der Waals surface area contributed by atoms with Crippen LogP contribution in [0.5, 0.6) is 5.75 Å². The molecular formula is C11H8N2O3. The largest absolute Gasteiger partial charge is 0.501 e. The molecule has 0 atom stereocenters.